The van der Waals surface area contributed by atoms with E-state index in [1.54, 1.807) is 19.0 Å². The van der Waals surface area contributed by atoms with Gasteiger partial charge in [0.05, 0.1) is 24.5 Å². The van der Waals surface area contributed by atoms with Crippen molar-refractivity contribution in [3.63, 3.8) is 0 Å². The van der Waals surface area contributed by atoms with Gasteiger partial charge in [0.25, 0.3) is 5.91 Å². The van der Waals surface area contributed by atoms with Crippen molar-refractivity contribution in [2.24, 2.45) is 0 Å². The van der Waals surface area contributed by atoms with Crippen molar-refractivity contribution in [2.75, 3.05) is 26.0 Å². The van der Waals surface area contributed by atoms with Crippen LogP contribution in [0.5, 0.6) is 5.75 Å². The van der Waals surface area contributed by atoms with Crippen molar-refractivity contribution in [1.29, 1.82) is 0 Å². The number of hydrogen-bond acceptors (Lipinski definition) is 4. The Hall–Kier alpha value is -1.75. The van der Waals surface area contributed by atoms with Crippen molar-refractivity contribution in [1.82, 2.24) is 4.90 Å². The summed E-state index contributed by atoms with van der Waals surface area (Å²) in [5.41, 5.74) is 1.58. The zero-order chi connectivity index (χ0) is 17.0. The Morgan fingerprint density at radius 2 is 1.96 bits per heavy atom. The van der Waals surface area contributed by atoms with Gasteiger partial charge in [0.2, 0.25) is 0 Å². The van der Waals surface area contributed by atoms with Gasteiger partial charge in [-0.15, -0.1) is 0 Å². The maximum Gasteiger partial charge on any atom is 0.253 e. The molecule has 0 saturated carbocycles. The molecule has 1 N–H and O–H groups in total. The van der Waals surface area contributed by atoms with Crippen LogP contribution in [0.15, 0.2) is 18.2 Å². The highest BCUT2D eigenvalue weighted by Gasteiger charge is 2.25. The van der Waals surface area contributed by atoms with E-state index in [1.165, 1.54) is 0 Å². The fourth-order valence-electron chi connectivity index (χ4n) is 3.05. The zero-order valence-electron chi connectivity index (χ0n) is 14.8. The number of carbonyl (C=O) groups is 1. The van der Waals surface area contributed by atoms with Gasteiger partial charge >= 0.3 is 0 Å². The van der Waals surface area contributed by atoms with Crippen LogP contribution >= 0.6 is 0 Å². The van der Waals surface area contributed by atoms with Crippen molar-refractivity contribution < 1.29 is 14.3 Å². The number of nitrogens with one attached hydrogen (secondary N) is 1. The fourth-order valence-corrected chi connectivity index (χ4v) is 3.05. The lowest BCUT2D eigenvalue weighted by molar-refractivity contribution is -0.0338. The number of rotatable bonds is 5. The minimum absolute atomic E-state index is 0.0224. The van der Waals surface area contributed by atoms with Gasteiger partial charge < -0.3 is 19.7 Å². The van der Waals surface area contributed by atoms with Gasteiger partial charge in [-0.3, -0.25) is 4.79 Å². The number of benzene rings is 1. The Kier molecular flexibility index (Phi) is 5.88. The summed E-state index contributed by atoms with van der Waals surface area (Å²) in [6.07, 6.45) is 2.44. The SMILES string of the molecule is CCOc1cc(C(=O)N(C)C)ccc1NC1C[C@H](C)O[C@@H](C)C1. The molecule has 1 aromatic rings. The van der Waals surface area contributed by atoms with E-state index in [2.05, 4.69) is 19.2 Å². The average molecular weight is 320 g/mol. The summed E-state index contributed by atoms with van der Waals surface area (Å²) in [5.74, 6) is 0.706. The number of amides is 1. The summed E-state index contributed by atoms with van der Waals surface area (Å²) >= 11 is 0. The molecule has 0 spiro atoms. The van der Waals surface area contributed by atoms with Gasteiger partial charge in [0, 0.05) is 25.7 Å². The number of ether oxygens (including phenoxy) is 2. The number of carbonyl (C=O) groups excluding carboxylic acids is 1. The van der Waals surface area contributed by atoms with Crippen LogP contribution < -0.4 is 10.1 Å². The van der Waals surface area contributed by atoms with Crippen LogP contribution in [-0.2, 0) is 4.74 Å². The summed E-state index contributed by atoms with van der Waals surface area (Å²) in [4.78, 5) is 13.7. The summed E-state index contributed by atoms with van der Waals surface area (Å²) in [7, 11) is 3.50. The normalized spacial score (nSPS) is 24.1. The van der Waals surface area contributed by atoms with Crippen LogP contribution in [0, 0.1) is 0 Å². The molecule has 1 aromatic carbocycles. The van der Waals surface area contributed by atoms with Gasteiger partial charge in [-0.2, -0.15) is 0 Å². The van der Waals surface area contributed by atoms with E-state index in [4.69, 9.17) is 9.47 Å². The zero-order valence-corrected chi connectivity index (χ0v) is 14.8. The van der Waals surface area contributed by atoms with Crippen molar-refractivity contribution in [3.05, 3.63) is 23.8 Å². The molecule has 23 heavy (non-hydrogen) atoms. The highest BCUT2D eigenvalue weighted by atomic mass is 16.5. The van der Waals surface area contributed by atoms with Crippen molar-refractivity contribution >= 4 is 11.6 Å². The van der Waals surface area contributed by atoms with E-state index in [0.717, 1.165) is 24.3 Å². The van der Waals surface area contributed by atoms with E-state index in [0.29, 0.717) is 18.2 Å². The molecule has 1 amide bonds. The second kappa shape index (κ2) is 7.68. The average Bonchev–Trinajstić information content (AvgIpc) is 2.47. The molecule has 2 rings (SSSR count). The van der Waals surface area contributed by atoms with Crippen LogP contribution in [0.25, 0.3) is 0 Å². The van der Waals surface area contributed by atoms with Gasteiger partial charge in [-0.1, -0.05) is 0 Å². The summed E-state index contributed by atoms with van der Waals surface area (Å²) < 4.78 is 11.5. The van der Waals surface area contributed by atoms with E-state index < -0.39 is 0 Å². The molecule has 0 aromatic heterocycles. The first-order chi connectivity index (χ1) is 10.9. The molecule has 1 fully saturated rings. The molecular formula is C18H28N2O3. The second-order valence-corrected chi connectivity index (χ2v) is 6.41. The molecule has 0 radical (unpaired) electrons. The molecule has 1 saturated heterocycles. The minimum atomic E-state index is -0.0224. The van der Waals surface area contributed by atoms with E-state index in [9.17, 15) is 4.79 Å². The Bertz CT molecular complexity index is 535. The summed E-state index contributed by atoms with van der Waals surface area (Å²) in [6.45, 7) is 6.72. The lowest BCUT2D eigenvalue weighted by Gasteiger charge is -2.33. The largest absolute Gasteiger partial charge is 0.492 e. The molecule has 5 heteroatoms. The Morgan fingerprint density at radius 3 is 2.52 bits per heavy atom. The van der Waals surface area contributed by atoms with Crippen LogP contribution in [0.3, 0.4) is 0 Å². The number of nitrogens with zero attached hydrogens (tertiary/aromatic N) is 1. The predicted octanol–water partition coefficient (Wildman–Crippen LogP) is 3.16. The highest BCUT2D eigenvalue weighted by molar-refractivity contribution is 5.95. The quantitative estimate of drug-likeness (QED) is 0.905. The lowest BCUT2D eigenvalue weighted by atomic mass is 9.99. The maximum absolute atomic E-state index is 12.1. The third-order valence-electron chi connectivity index (χ3n) is 3.99. The molecule has 128 valence electrons. The Labute approximate surface area is 139 Å². The summed E-state index contributed by atoms with van der Waals surface area (Å²) in [5, 5.41) is 3.56. The molecule has 1 aliphatic rings. The van der Waals surface area contributed by atoms with E-state index in [1.807, 2.05) is 25.1 Å². The minimum Gasteiger partial charge on any atom is -0.492 e. The maximum atomic E-state index is 12.1. The predicted molar refractivity (Wildman–Crippen MR) is 92.3 cm³/mol. The third-order valence-corrected chi connectivity index (χ3v) is 3.99. The molecule has 0 unspecified atom stereocenters. The topological polar surface area (TPSA) is 50.8 Å². The smallest absolute Gasteiger partial charge is 0.253 e. The fraction of sp³-hybridized carbons (Fsp3) is 0.611. The first-order valence-corrected chi connectivity index (χ1v) is 8.31. The molecular weight excluding hydrogens is 292 g/mol. The molecule has 2 atom stereocenters. The van der Waals surface area contributed by atoms with Gasteiger partial charge in [-0.25, -0.2) is 0 Å². The van der Waals surface area contributed by atoms with Crippen LogP contribution in [0.2, 0.25) is 0 Å². The first kappa shape index (κ1) is 17.6. The Morgan fingerprint density at radius 1 is 1.30 bits per heavy atom. The van der Waals surface area contributed by atoms with Crippen molar-refractivity contribution in [3.8, 4) is 5.75 Å². The monoisotopic (exact) mass is 320 g/mol. The molecule has 5 nitrogen and oxygen atoms in total. The number of hydrogen-bond donors (Lipinski definition) is 1. The van der Waals surface area contributed by atoms with Crippen LogP contribution in [0.1, 0.15) is 44.0 Å². The molecule has 0 aliphatic carbocycles. The van der Waals surface area contributed by atoms with Crippen LogP contribution in [-0.4, -0.2) is 49.8 Å². The highest BCUT2D eigenvalue weighted by Crippen LogP contribution is 2.30. The van der Waals surface area contributed by atoms with Gasteiger partial charge in [0.1, 0.15) is 5.75 Å². The van der Waals surface area contributed by atoms with Gasteiger partial charge in [-0.05, 0) is 51.8 Å². The van der Waals surface area contributed by atoms with E-state index >= 15 is 0 Å². The van der Waals surface area contributed by atoms with Gasteiger partial charge in [0.15, 0.2) is 0 Å². The lowest BCUT2D eigenvalue weighted by Crippen LogP contribution is -2.37. The molecule has 1 aliphatic heterocycles. The standard InChI is InChI=1S/C18H28N2O3/c1-6-22-17-11-14(18(21)20(4)5)7-8-16(17)19-15-9-12(2)23-13(3)10-15/h7-8,11-13,15,19H,6,9-10H2,1-5H3/t12-,13-/m0/s1. The molecule has 1 heterocycles. The molecule has 0 bridgehead atoms. The first-order valence-electron chi connectivity index (χ1n) is 8.31. The third kappa shape index (κ3) is 4.61. The van der Waals surface area contributed by atoms with Crippen LogP contribution in [0.4, 0.5) is 5.69 Å². The Balaban J connectivity index is 2.18. The summed E-state index contributed by atoms with van der Waals surface area (Å²) in [6, 6.07) is 5.95. The van der Waals surface area contributed by atoms with Crippen molar-refractivity contribution in [2.45, 2.75) is 51.9 Å². The second-order valence-electron chi connectivity index (χ2n) is 6.41. The van der Waals surface area contributed by atoms with E-state index in [-0.39, 0.29) is 18.1 Å². The number of anilines is 1.